The molecule has 0 saturated heterocycles. The van der Waals surface area contributed by atoms with E-state index in [9.17, 15) is 13.2 Å². The Labute approximate surface area is 166 Å². The molecule has 8 nitrogen and oxygen atoms in total. The van der Waals surface area contributed by atoms with Crippen LogP contribution in [-0.2, 0) is 21.4 Å². The SMILES string of the molecule is CCN(CC)S(=O)(=O)c1ccc(C(=O)OCc2nc(-c3cccs3)no2)cc1. The van der Waals surface area contributed by atoms with Gasteiger partial charge in [0.1, 0.15) is 0 Å². The highest BCUT2D eigenvalue weighted by Crippen LogP contribution is 2.21. The van der Waals surface area contributed by atoms with E-state index in [0.29, 0.717) is 18.9 Å². The summed E-state index contributed by atoms with van der Waals surface area (Å²) in [6.07, 6.45) is 0. The summed E-state index contributed by atoms with van der Waals surface area (Å²) in [5, 5.41) is 5.74. The number of hydrogen-bond donors (Lipinski definition) is 0. The van der Waals surface area contributed by atoms with E-state index in [-0.39, 0.29) is 23.0 Å². The fourth-order valence-corrected chi connectivity index (χ4v) is 4.61. The van der Waals surface area contributed by atoms with E-state index >= 15 is 0 Å². The molecule has 10 heteroatoms. The third kappa shape index (κ3) is 4.29. The minimum atomic E-state index is -3.57. The first kappa shape index (κ1) is 20.2. The molecule has 0 unspecified atom stereocenters. The first-order chi connectivity index (χ1) is 13.5. The predicted molar refractivity (Wildman–Crippen MR) is 103 cm³/mol. The Morgan fingerprint density at radius 1 is 1.18 bits per heavy atom. The molecule has 1 aromatic carbocycles. The van der Waals surface area contributed by atoms with Crippen LogP contribution in [0.4, 0.5) is 0 Å². The zero-order valence-electron chi connectivity index (χ0n) is 15.4. The normalized spacial score (nSPS) is 11.7. The van der Waals surface area contributed by atoms with Gasteiger partial charge in [0.15, 0.2) is 6.61 Å². The molecule has 0 fully saturated rings. The molecule has 0 saturated carbocycles. The first-order valence-electron chi connectivity index (χ1n) is 8.59. The molecule has 28 heavy (non-hydrogen) atoms. The number of hydrogen-bond acceptors (Lipinski definition) is 8. The molecule has 0 N–H and O–H groups in total. The molecule has 2 aromatic heterocycles. The molecule has 0 spiro atoms. The van der Waals surface area contributed by atoms with Gasteiger partial charge < -0.3 is 9.26 Å². The summed E-state index contributed by atoms with van der Waals surface area (Å²) in [5.41, 5.74) is 0.233. The number of sulfonamides is 1. The van der Waals surface area contributed by atoms with Gasteiger partial charge in [-0.2, -0.15) is 9.29 Å². The quantitative estimate of drug-likeness (QED) is 0.515. The standard InChI is InChI=1S/C18H19N3O5S2/c1-3-21(4-2)28(23,24)14-9-7-13(8-10-14)18(22)25-12-16-19-17(20-26-16)15-6-5-11-27-15/h5-11H,3-4,12H2,1-2H3. The number of aromatic nitrogens is 2. The molecule has 0 aliphatic rings. The van der Waals surface area contributed by atoms with Crippen LogP contribution in [0, 0.1) is 0 Å². The highest BCUT2D eigenvalue weighted by molar-refractivity contribution is 7.89. The molecule has 0 amide bonds. The third-order valence-electron chi connectivity index (χ3n) is 3.97. The number of carbonyl (C=O) groups is 1. The smallest absolute Gasteiger partial charge is 0.338 e. The van der Waals surface area contributed by atoms with E-state index in [1.54, 1.807) is 13.8 Å². The molecule has 0 aliphatic carbocycles. The Balaban J connectivity index is 1.64. The summed E-state index contributed by atoms with van der Waals surface area (Å²) < 4.78 is 36.5. The second-order valence-electron chi connectivity index (χ2n) is 5.68. The predicted octanol–water partition coefficient (Wildman–Crippen LogP) is 3.19. The summed E-state index contributed by atoms with van der Waals surface area (Å²) in [7, 11) is -3.57. The van der Waals surface area contributed by atoms with E-state index < -0.39 is 16.0 Å². The Morgan fingerprint density at radius 3 is 2.50 bits per heavy atom. The molecule has 0 atom stereocenters. The topological polar surface area (TPSA) is 103 Å². The number of nitrogens with zero attached hydrogens (tertiary/aromatic N) is 3. The van der Waals surface area contributed by atoms with Gasteiger partial charge in [0.05, 0.1) is 15.3 Å². The molecule has 3 aromatic rings. The van der Waals surface area contributed by atoms with Gasteiger partial charge in [-0.15, -0.1) is 11.3 Å². The number of carbonyl (C=O) groups excluding carboxylic acids is 1. The Morgan fingerprint density at radius 2 is 1.89 bits per heavy atom. The van der Waals surface area contributed by atoms with E-state index in [0.717, 1.165) is 4.88 Å². The minimum Gasteiger partial charge on any atom is -0.452 e. The van der Waals surface area contributed by atoms with Gasteiger partial charge in [-0.3, -0.25) is 0 Å². The molecular formula is C18H19N3O5S2. The van der Waals surface area contributed by atoms with Crippen molar-refractivity contribution >= 4 is 27.3 Å². The summed E-state index contributed by atoms with van der Waals surface area (Å²) in [5.74, 6) is 0.00662. The number of benzene rings is 1. The van der Waals surface area contributed by atoms with Gasteiger partial charge in [-0.25, -0.2) is 13.2 Å². The maximum absolute atomic E-state index is 12.5. The van der Waals surface area contributed by atoms with Crippen LogP contribution in [0.15, 0.2) is 51.2 Å². The van der Waals surface area contributed by atoms with Crippen molar-refractivity contribution in [3.05, 3.63) is 53.2 Å². The van der Waals surface area contributed by atoms with E-state index in [1.807, 2.05) is 17.5 Å². The van der Waals surface area contributed by atoms with Gasteiger partial charge in [-0.1, -0.05) is 25.1 Å². The molecule has 2 heterocycles. The van der Waals surface area contributed by atoms with E-state index in [1.165, 1.54) is 39.9 Å². The maximum Gasteiger partial charge on any atom is 0.338 e. The highest BCUT2D eigenvalue weighted by Gasteiger charge is 2.22. The first-order valence-corrected chi connectivity index (χ1v) is 10.9. The number of rotatable bonds is 8. The van der Waals surface area contributed by atoms with Crippen molar-refractivity contribution in [2.75, 3.05) is 13.1 Å². The van der Waals surface area contributed by atoms with Crippen LogP contribution in [0.5, 0.6) is 0 Å². The average molecular weight is 422 g/mol. The van der Waals surface area contributed by atoms with Crippen LogP contribution in [0.2, 0.25) is 0 Å². The second kappa shape index (κ2) is 8.63. The molecule has 3 rings (SSSR count). The van der Waals surface area contributed by atoms with Crippen LogP contribution in [-0.4, -0.2) is 41.9 Å². The molecular weight excluding hydrogens is 402 g/mol. The summed E-state index contributed by atoms with van der Waals surface area (Å²) >= 11 is 1.47. The van der Waals surface area contributed by atoms with Gasteiger partial charge >= 0.3 is 5.97 Å². The Hall–Kier alpha value is -2.56. The van der Waals surface area contributed by atoms with Crippen molar-refractivity contribution in [2.45, 2.75) is 25.3 Å². The Kier molecular flexibility index (Phi) is 6.22. The highest BCUT2D eigenvalue weighted by atomic mass is 32.2. The lowest BCUT2D eigenvalue weighted by Gasteiger charge is -2.18. The van der Waals surface area contributed by atoms with E-state index in [4.69, 9.17) is 9.26 Å². The van der Waals surface area contributed by atoms with Crippen LogP contribution in [0.25, 0.3) is 10.7 Å². The fraction of sp³-hybridized carbons (Fsp3) is 0.278. The van der Waals surface area contributed by atoms with Crippen molar-refractivity contribution in [1.82, 2.24) is 14.4 Å². The van der Waals surface area contributed by atoms with Gasteiger partial charge in [-0.05, 0) is 35.7 Å². The largest absolute Gasteiger partial charge is 0.452 e. The zero-order valence-corrected chi connectivity index (χ0v) is 17.0. The number of esters is 1. The molecule has 148 valence electrons. The van der Waals surface area contributed by atoms with Gasteiger partial charge in [0, 0.05) is 13.1 Å². The maximum atomic E-state index is 12.5. The Bertz CT molecular complexity index is 1020. The fourth-order valence-electron chi connectivity index (χ4n) is 2.51. The number of thiophene rings is 1. The lowest BCUT2D eigenvalue weighted by atomic mass is 10.2. The summed E-state index contributed by atoms with van der Waals surface area (Å²) in [6, 6.07) is 9.37. The van der Waals surface area contributed by atoms with Gasteiger partial charge in [0.2, 0.25) is 15.8 Å². The lowest BCUT2D eigenvalue weighted by Crippen LogP contribution is -2.30. The van der Waals surface area contributed by atoms with Crippen molar-refractivity contribution in [3.63, 3.8) is 0 Å². The number of ether oxygens (including phenoxy) is 1. The van der Waals surface area contributed by atoms with Crippen molar-refractivity contribution in [1.29, 1.82) is 0 Å². The van der Waals surface area contributed by atoms with Crippen LogP contribution < -0.4 is 0 Å². The zero-order chi connectivity index (χ0) is 20.1. The molecule has 0 aliphatic heterocycles. The van der Waals surface area contributed by atoms with Crippen molar-refractivity contribution < 1.29 is 22.5 Å². The van der Waals surface area contributed by atoms with E-state index in [2.05, 4.69) is 10.1 Å². The summed E-state index contributed by atoms with van der Waals surface area (Å²) in [6.45, 7) is 4.12. The third-order valence-corrected chi connectivity index (χ3v) is 6.90. The minimum absolute atomic E-state index is 0.130. The second-order valence-corrected chi connectivity index (χ2v) is 8.56. The molecule has 0 bridgehead atoms. The monoisotopic (exact) mass is 421 g/mol. The van der Waals surface area contributed by atoms with Crippen LogP contribution >= 0.6 is 11.3 Å². The van der Waals surface area contributed by atoms with Crippen LogP contribution in [0.3, 0.4) is 0 Å². The average Bonchev–Trinajstić information content (AvgIpc) is 3.38. The summed E-state index contributed by atoms with van der Waals surface area (Å²) in [4.78, 5) is 17.3. The van der Waals surface area contributed by atoms with Crippen LogP contribution in [0.1, 0.15) is 30.1 Å². The lowest BCUT2D eigenvalue weighted by molar-refractivity contribution is 0.0429. The van der Waals surface area contributed by atoms with Crippen molar-refractivity contribution in [3.8, 4) is 10.7 Å². The molecule has 0 radical (unpaired) electrons. The van der Waals surface area contributed by atoms with Crippen molar-refractivity contribution in [2.24, 2.45) is 0 Å². The van der Waals surface area contributed by atoms with Gasteiger partial charge in [0.25, 0.3) is 5.89 Å².